The van der Waals surface area contributed by atoms with Crippen molar-refractivity contribution in [3.8, 4) is 11.4 Å². The van der Waals surface area contributed by atoms with Gasteiger partial charge in [0.15, 0.2) is 11.5 Å². The van der Waals surface area contributed by atoms with Crippen LogP contribution in [0, 0.1) is 0 Å². The second-order valence-electron chi connectivity index (χ2n) is 5.12. The first-order valence-corrected chi connectivity index (χ1v) is 8.79. The zero-order valence-corrected chi connectivity index (χ0v) is 14.1. The highest BCUT2D eigenvalue weighted by molar-refractivity contribution is 7.73. The number of hydrogen-bond donors (Lipinski definition) is 3. The molecule has 2 heterocycles. The molecular formula is C14H16ClN5O2S. The molecule has 0 spiro atoms. The lowest BCUT2D eigenvalue weighted by Crippen LogP contribution is -1.94. The van der Waals surface area contributed by atoms with E-state index < -0.39 is 10.9 Å². The van der Waals surface area contributed by atoms with Crippen LogP contribution in [-0.2, 0) is 17.3 Å². The molecule has 122 valence electrons. The molecule has 2 N–H and O–H groups in total. The summed E-state index contributed by atoms with van der Waals surface area (Å²) in [5, 5.41) is 9.39. The molecule has 0 saturated heterocycles. The number of rotatable bonds is 6. The molecule has 0 atom stereocenters. The van der Waals surface area contributed by atoms with Crippen molar-refractivity contribution in [3.05, 3.63) is 35.0 Å². The number of halogens is 1. The predicted octanol–water partition coefficient (Wildman–Crippen LogP) is 2.66. The number of aryl methyl sites for hydroxylation is 1. The van der Waals surface area contributed by atoms with Gasteiger partial charge in [-0.05, 0) is 37.1 Å². The molecule has 0 radical (unpaired) electrons. The summed E-state index contributed by atoms with van der Waals surface area (Å²) >= 11 is 6.34. The minimum absolute atomic E-state index is 0.501. The van der Waals surface area contributed by atoms with Crippen molar-refractivity contribution in [2.45, 2.75) is 26.2 Å². The fraction of sp³-hybridized carbons (Fsp3) is 0.286. The molecule has 3 rings (SSSR count). The summed E-state index contributed by atoms with van der Waals surface area (Å²) in [5.41, 5.74) is 2.82. The number of hydrogen-bond acceptors (Lipinski definition) is 4. The summed E-state index contributed by atoms with van der Waals surface area (Å²) in [6.45, 7) is 2.12. The highest BCUT2D eigenvalue weighted by Crippen LogP contribution is 2.25. The van der Waals surface area contributed by atoms with Gasteiger partial charge in [0, 0.05) is 11.3 Å². The maximum absolute atomic E-state index is 10.6. The zero-order chi connectivity index (χ0) is 16.4. The number of H-pyrrole nitrogens is 1. The summed E-state index contributed by atoms with van der Waals surface area (Å²) < 4.78 is 25.1. The Morgan fingerprint density at radius 2 is 2.00 bits per heavy atom. The normalized spacial score (nSPS) is 11.4. The summed E-state index contributed by atoms with van der Waals surface area (Å²) in [6.07, 6.45) is 2.94. The van der Waals surface area contributed by atoms with E-state index >= 15 is 0 Å². The van der Waals surface area contributed by atoms with Crippen LogP contribution < -0.4 is 4.72 Å². The molecule has 0 aliphatic carbocycles. The Bertz CT molecular complexity index is 890. The number of nitrogens with one attached hydrogen (secondary N) is 2. The predicted molar refractivity (Wildman–Crippen MR) is 90.3 cm³/mol. The first-order valence-electron chi connectivity index (χ1n) is 7.23. The molecule has 0 saturated carbocycles. The van der Waals surface area contributed by atoms with Gasteiger partial charge in [0.05, 0.1) is 5.69 Å². The van der Waals surface area contributed by atoms with Crippen molar-refractivity contribution in [1.82, 2.24) is 19.8 Å². The van der Waals surface area contributed by atoms with Crippen LogP contribution in [0.5, 0.6) is 0 Å². The first-order chi connectivity index (χ1) is 11.1. The van der Waals surface area contributed by atoms with Crippen LogP contribution in [0.3, 0.4) is 0 Å². The summed E-state index contributed by atoms with van der Waals surface area (Å²) in [4.78, 5) is 3.15. The van der Waals surface area contributed by atoms with Gasteiger partial charge in [-0.25, -0.2) is 8.42 Å². The van der Waals surface area contributed by atoms with E-state index in [2.05, 4.69) is 26.8 Å². The Morgan fingerprint density at radius 3 is 2.61 bits per heavy atom. The molecule has 2 aromatic heterocycles. The molecule has 0 amide bonds. The first kappa shape index (κ1) is 15.8. The van der Waals surface area contributed by atoms with Gasteiger partial charge >= 0.3 is 0 Å². The third kappa shape index (κ3) is 3.32. The standard InChI is InChI=1S/C14H16ClN5O2S/c1-2-3-4-11-12(15)14-16-13(18-20(14)17-11)9-5-7-10(8-6-9)19-23(21)22/h5-8,23H,2-4H2,1H3,(H,16,18)(H,19,21,22). The van der Waals surface area contributed by atoms with Gasteiger partial charge in [-0.1, -0.05) is 24.9 Å². The molecule has 0 aliphatic heterocycles. The van der Waals surface area contributed by atoms with Gasteiger partial charge in [-0.2, -0.15) is 5.10 Å². The van der Waals surface area contributed by atoms with Gasteiger partial charge in [0.25, 0.3) is 0 Å². The van der Waals surface area contributed by atoms with E-state index in [0.29, 0.717) is 22.2 Å². The quantitative estimate of drug-likeness (QED) is 0.594. The lowest BCUT2D eigenvalue weighted by atomic mass is 10.2. The average Bonchev–Trinajstić information content (AvgIpc) is 3.05. The number of unbranched alkanes of at least 4 members (excludes halogenated alkanes) is 1. The second-order valence-corrected chi connectivity index (χ2v) is 6.24. The molecule has 0 bridgehead atoms. The lowest BCUT2D eigenvalue weighted by molar-refractivity contribution is 0.619. The van der Waals surface area contributed by atoms with Crippen LogP contribution in [0.2, 0.25) is 5.02 Å². The minimum Gasteiger partial charge on any atom is -0.320 e. The Kier molecular flexibility index (Phi) is 4.53. The third-order valence-electron chi connectivity index (χ3n) is 3.45. The number of benzene rings is 1. The molecule has 9 heteroatoms. The monoisotopic (exact) mass is 353 g/mol. The van der Waals surface area contributed by atoms with Crippen molar-refractivity contribution in [2.75, 3.05) is 4.72 Å². The Hall–Kier alpha value is -2.06. The Morgan fingerprint density at radius 1 is 1.26 bits per heavy atom. The van der Waals surface area contributed by atoms with E-state index in [0.717, 1.165) is 30.5 Å². The molecule has 3 aromatic rings. The fourth-order valence-corrected chi connectivity index (χ4v) is 2.90. The summed E-state index contributed by atoms with van der Waals surface area (Å²) in [5.74, 6) is 0.620. The van der Waals surface area contributed by atoms with E-state index in [4.69, 9.17) is 11.6 Å². The number of nitrogens with zero attached hydrogens (tertiary/aromatic N) is 3. The van der Waals surface area contributed by atoms with E-state index in [1.165, 1.54) is 4.63 Å². The highest BCUT2D eigenvalue weighted by Gasteiger charge is 2.15. The van der Waals surface area contributed by atoms with E-state index in [9.17, 15) is 8.42 Å². The van der Waals surface area contributed by atoms with Crippen LogP contribution >= 0.6 is 11.6 Å². The van der Waals surface area contributed by atoms with Crippen LogP contribution in [0.25, 0.3) is 17.0 Å². The van der Waals surface area contributed by atoms with Crippen LogP contribution in [0.4, 0.5) is 5.69 Å². The van der Waals surface area contributed by atoms with Crippen molar-refractivity contribution in [3.63, 3.8) is 0 Å². The van der Waals surface area contributed by atoms with Gasteiger partial charge in [-0.15, -0.1) is 9.73 Å². The number of thiol groups is 1. The van der Waals surface area contributed by atoms with Gasteiger partial charge in [0.1, 0.15) is 5.02 Å². The van der Waals surface area contributed by atoms with E-state index in [-0.39, 0.29) is 0 Å². The Balaban J connectivity index is 1.88. The highest BCUT2D eigenvalue weighted by atomic mass is 35.5. The van der Waals surface area contributed by atoms with Crippen LogP contribution in [0.1, 0.15) is 25.5 Å². The topological polar surface area (TPSA) is 92.2 Å². The van der Waals surface area contributed by atoms with E-state index in [1.807, 2.05) is 0 Å². The number of aromatic amines is 1. The van der Waals surface area contributed by atoms with Crippen molar-refractivity contribution in [2.24, 2.45) is 0 Å². The summed E-state index contributed by atoms with van der Waals surface area (Å²) in [6, 6.07) is 6.87. The Labute approximate surface area is 139 Å². The number of fused-ring (bicyclic) bond motifs is 1. The van der Waals surface area contributed by atoms with Crippen molar-refractivity contribution in [1.29, 1.82) is 0 Å². The molecule has 0 aliphatic rings. The van der Waals surface area contributed by atoms with Gasteiger partial charge in [0.2, 0.25) is 10.9 Å². The largest absolute Gasteiger partial charge is 0.320 e. The summed E-state index contributed by atoms with van der Waals surface area (Å²) in [7, 11) is -2.67. The van der Waals surface area contributed by atoms with Crippen molar-refractivity contribution < 1.29 is 8.42 Å². The molecule has 0 unspecified atom stereocenters. The maximum Gasteiger partial charge on any atom is 0.222 e. The minimum atomic E-state index is -2.67. The zero-order valence-electron chi connectivity index (χ0n) is 12.4. The molecule has 23 heavy (non-hydrogen) atoms. The second kappa shape index (κ2) is 6.59. The van der Waals surface area contributed by atoms with Gasteiger partial charge < -0.3 is 4.98 Å². The molecular weight excluding hydrogens is 338 g/mol. The van der Waals surface area contributed by atoms with Crippen molar-refractivity contribution >= 4 is 33.8 Å². The fourth-order valence-electron chi connectivity index (χ4n) is 2.28. The SMILES string of the molecule is CCCCc1nn2nc(-c3ccc(N[SH](=O)=O)cc3)[nH]c2c1Cl. The lowest BCUT2D eigenvalue weighted by Gasteiger charge is -2.00. The maximum atomic E-state index is 10.6. The van der Waals surface area contributed by atoms with Crippen LogP contribution in [0.15, 0.2) is 24.3 Å². The molecule has 7 nitrogen and oxygen atoms in total. The van der Waals surface area contributed by atoms with Crippen LogP contribution in [-0.4, -0.2) is 28.2 Å². The number of aromatic nitrogens is 4. The molecule has 1 aromatic carbocycles. The van der Waals surface area contributed by atoms with Gasteiger partial charge in [-0.3, -0.25) is 4.72 Å². The average molecular weight is 354 g/mol. The molecule has 0 fully saturated rings. The third-order valence-corrected chi connectivity index (χ3v) is 4.29. The number of anilines is 1. The van der Waals surface area contributed by atoms with E-state index in [1.54, 1.807) is 24.3 Å². The smallest absolute Gasteiger partial charge is 0.222 e.